The molecule has 0 heterocycles. The number of alkyl carbamates (subject to hydrolysis) is 1. The third-order valence-corrected chi connectivity index (χ3v) is 2.53. The lowest BCUT2D eigenvalue weighted by Gasteiger charge is -2.19. The molecule has 1 fully saturated rings. The zero-order valence-electron chi connectivity index (χ0n) is 11.5. The summed E-state index contributed by atoms with van der Waals surface area (Å²) < 4.78 is 5.08. The molecular formula is C13H24N2O3. The van der Waals surface area contributed by atoms with E-state index in [2.05, 4.69) is 10.6 Å². The van der Waals surface area contributed by atoms with Crippen LogP contribution in [0.4, 0.5) is 4.79 Å². The van der Waals surface area contributed by atoms with Crippen LogP contribution in [0.3, 0.4) is 0 Å². The second kappa shape index (κ2) is 6.61. The van der Waals surface area contributed by atoms with E-state index in [4.69, 9.17) is 4.74 Å². The van der Waals surface area contributed by atoms with Crippen molar-refractivity contribution in [3.05, 3.63) is 0 Å². The highest BCUT2D eigenvalue weighted by Crippen LogP contribution is 2.27. The van der Waals surface area contributed by atoms with E-state index >= 15 is 0 Å². The molecule has 0 aromatic carbocycles. The Morgan fingerprint density at radius 3 is 2.44 bits per heavy atom. The normalized spacial score (nSPS) is 15.1. The molecule has 0 aromatic rings. The largest absolute Gasteiger partial charge is 0.444 e. The molecule has 0 bridgehead atoms. The zero-order valence-corrected chi connectivity index (χ0v) is 11.5. The highest BCUT2D eigenvalue weighted by molar-refractivity contribution is 5.76. The van der Waals surface area contributed by atoms with Crippen molar-refractivity contribution in [1.82, 2.24) is 10.6 Å². The summed E-state index contributed by atoms with van der Waals surface area (Å²) in [7, 11) is 0. The summed E-state index contributed by atoms with van der Waals surface area (Å²) in [6.07, 6.45) is 3.13. The van der Waals surface area contributed by atoms with Gasteiger partial charge in [0.15, 0.2) is 0 Å². The Morgan fingerprint density at radius 1 is 1.22 bits per heavy atom. The minimum atomic E-state index is -0.480. The van der Waals surface area contributed by atoms with E-state index < -0.39 is 11.7 Å². The number of carbonyl (C=O) groups is 2. The van der Waals surface area contributed by atoms with Gasteiger partial charge >= 0.3 is 6.09 Å². The van der Waals surface area contributed by atoms with Crippen LogP contribution in [-0.2, 0) is 9.53 Å². The van der Waals surface area contributed by atoms with Gasteiger partial charge in [0.05, 0.1) is 0 Å². The fourth-order valence-corrected chi connectivity index (χ4v) is 1.42. The van der Waals surface area contributed by atoms with E-state index in [0.29, 0.717) is 25.3 Å². The molecule has 0 spiro atoms. The number of nitrogens with one attached hydrogen (secondary N) is 2. The summed E-state index contributed by atoms with van der Waals surface area (Å²) in [6, 6.07) is 0. The van der Waals surface area contributed by atoms with E-state index in [1.54, 1.807) is 0 Å². The first-order valence-corrected chi connectivity index (χ1v) is 6.60. The molecule has 1 aliphatic carbocycles. The Labute approximate surface area is 109 Å². The van der Waals surface area contributed by atoms with Gasteiger partial charge in [-0.3, -0.25) is 4.79 Å². The van der Waals surface area contributed by atoms with Gasteiger partial charge in [-0.2, -0.15) is 0 Å². The molecule has 2 N–H and O–H groups in total. The maximum absolute atomic E-state index is 11.4. The first-order chi connectivity index (χ1) is 8.37. The smallest absolute Gasteiger partial charge is 0.407 e. The van der Waals surface area contributed by atoms with E-state index in [0.717, 1.165) is 6.54 Å². The van der Waals surface area contributed by atoms with Crippen LogP contribution in [0, 0.1) is 5.92 Å². The van der Waals surface area contributed by atoms with Crippen LogP contribution in [0.5, 0.6) is 0 Å². The minimum absolute atomic E-state index is 0.0629. The maximum Gasteiger partial charge on any atom is 0.407 e. The second-order valence-electron chi connectivity index (χ2n) is 5.78. The highest BCUT2D eigenvalue weighted by Gasteiger charge is 2.21. The van der Waals surface area contributed by atoms with Crippen LogP contribution < -0.4 is 10.6 Å². The Kier molecular flexibility index (Phi) is 5.44. The molecule has 1 rings (SSSR count). The maximum atomic E-state index is 11.4. The van der Waals surface area contributed by atoms with Gasteiger partial charge < -0.3 is 15.4 Å². The van der Waals surface area contributed by atoms with Crippen LogP contribution in [0.1, 0.15) is 46.5 Å². The molecule has 5 nitrogen and oxygen atoms in total. The van der Waals surface area contributed by atoms with Crippen LogP contribution in [-0.4, -0.2) is 30.7 Å². The summed E-state index contributed by atoms with van der Waals surface area (Å²) >= 11 is 0. The summed E-state index contributed by atoms with van der Waals surface area (Å²) in [4.78, 5) is 22.7. The van der Waals surface area contributed by atoms with Crippen molar-refractivity contribution in [3.8, 4) is 0 Å². The molecular weight excluding hydrogens is 232 g/mol. The Balaban J connectivity index is 1.96. The van der Waals surface area contributed by atoms with Crippen LogP contribution >= 0.6 is 0 Å². The molecule has 2 amide bonds. The molecule has 0 radical (unpaired) electrons. The molecule has 104 valence electrons. The first kappa shape index (κ1) is 14.8. The molecule has 0 unspecified atom stereocenters. The number of carbonyl (C=O) groups excluding carboxylic acids is 2. The summed E-state index contributed by atoms with van der Waals surface area (Å²) in [5, 5.41) is 5.52. The van der Waals surface area contributed by atoms with Gasteiger partial charge in [0.1, 0.15) is 5.60 Å². The first-order valence-electron chi connectivity index (χ1n) is 6.60. The van der Waals surface area contributed by atoms with Gasteiger partial charge in [-0.15, -0.1) is 0 Å². The molecule has 1 saturated carbocycles. The molecule has 0 atom stereocenters. The predicted octanol–water partition coefficient (Wildman–Crippen LogP) is 1.82. The van der Waals surface area contributed by atoms with Crippen molar-refractivity contribution in [2.24, 2.45) is 5.92 Å². The van der Waals surface area contributed by atoms with Crippen molar-refractivity contribution in [1.29, 1.82) is 0 Å². The molecule has 18 heavy (non-hydrogen) atoms. The molecule has 0 aromatic heterocycles. The SMILES string of the molecule is CC(C)(C)OC(=O)NCCCC(=O)NCC1CC1. The third kappa shape index (κ3) is 7.92. The van der Waals surface area contributed by atoms with Crippen molar-refractivity contribution in [2.45, 2.75) is 52.1 Å². The van der Waals surface area contributed by atoms with Crippen LogP contribution in [0.2, 0.25) is 0 Å². The van der Waals surface area contributed by atoms with E-state index in [9.17, 15) is 9.59 Å². The van der Waals surface area contributed by atoms with E-state index in [1.165, 1.54) is 12.8 Å². The average molecular weight is 256 g/mol. The minimum Gasteiger partial charge on any atom is -0.444 e. The lowest BCUT2D eigenvalue weighted by atomic mass is 10.2. The fourth-order valence-electron chi connectivity index (χ4n) is 1.42. The van der Waals surface area contributed by atoms with E-state index in [-0.39, 0.29) is 5.91 Å². The summed E-state index contributed by atoms with van der Waals surface area (Å²) in [5.74, 6) is 0.765. The van der Waals surface area contributed by atoms with Crippen LogP contribution in [0.15, 0.2) is 0 Å². The lowest BCUT2D eigenvalue weighted by molar-refractivity contribution is -0.121. The quantitative estimate of drug-likeness (QED) is 0.712. The average Bonchev–Trinajstić information content (AvgIpc) is 3.02. The van der Waals surface area contributed by atoms with Gasteiger partial charge in [-0.1, -0.05) is 0 Å². The van der Waals surface area contributed by atoms with Gasteiger partial charge in [0, 0.05) is 19.5 Å². The van der Waals surface area contributed by atoms with Gasteiger partial charge in [0.25, 0.3) is 0 Å². The number of amides is 2. The summed E-state index contributed by atoms with van der Waals surface area (Å²) in [5.41, 5.74) is -0.480. The zero-order chi connectivity index (χ0) is 13.6. The molecule has 5 heteroatoms. The van der Waals surface area contributed by atoms with E-state index in [1.807, 2.05) is 20.8 Å². The lowest BCUT2D eigenvalue weighted by Crippen LogP contribution is -2.33. The second-order valence-corrected chi connectivity index (χ2v) is 5.78. The predicted molar refractivity (Wildman–Crippen MR) is 69.2 cm³/mol. The third-order valence-electron chi connectivity index (χ3n) is 2.53. The number of rotatable bonds is 6. The molecule has 0 saturated heterocycles. The Morgan fingerprint density at radius 2 is 1.89 bits per heavy atom. The van der Waals surface area contributed by atoms with Crippen LogP contribution in [0.25, 0.3) is 0 Å². The Bertz CT molecular complexity index is 293. The number of hydrogen-bond acceptors (Lipinski definition) is 3. The number of hydrogen-bond donors (Lipinski definition) is 2. The van der Waals surface area contributed by atoms with Crippen molar-refractivity contribution >= 4 is 12.0 Å². The summed E-state index contributed by atoms with van der Waals surface area (Å²) in [6.45, 7) is 6.72. The van der Waals surface area contributed by atoms with Crippen molar-refractivity contribution < 1.29 is 14.3 Å². The van der Waals surface area contributed by atoms with Crippen molar-refractivity contribution in [3.63, 3.8) is 0 Å². The number of ether oxygens (including phenoxy) is 1. The van der Waals surface area contributed by atoms with Gasteiger partial charge in [-0.05, 0) is 46.0 Å². The van der Waals surface area contributed by atoms with Crippen molar-refractivity contribution in [2.75, 3.05) is 13.1 Å². The molecule has 0 aliphatic heterocycles. The topological polar surface area (TPSA) is 67.4 Å². The molecule has 1 aliphatic rings. The fraction of sp³-hybridized carbons (Fsp3) is 0.846. The Hall–Kier alpha value is -1.26. The monoisotopic (exact) mass is 256 g/mol. The highest BCUT2D eigenvalue weighted by atomic mass is 16.6. The van der Waals surface area contributed by atoms with Gasteiger partial charge in [-0.25, -0.2) is 4.79 Å². The standard InChI is InChI=1S/C13H24N2O3/c1-13(2,3)18-12(17)14-8-4-5-11(16)15-9-10-6-7-10/h10H,4-9H2,1-3H3,(H,14,17)(H,15,16). The van der Waals surface area contributed by atoms with Gasteiger partial charge in [0.2, 0.25) is 5.91 Å².